The number of fused-ring (bicyclic) bond motifs is 12. The van der Waals surface area contributed by atoms with Crippen LogP contribution in [0.25, 0.3) is 38.8 Å². The van der Waals surface area contributed by atoms with Crippen molar-refractivity contribution >= 4 is 101 Å². The highest BCUT2D eigenvalue weighted by molar-refractivity contribution is 7.88. The number of aliphatic imine (C=N–C) groups is 2. The number of halogens is 2. The van der Waals surface area contributed by atoms with Gasteiger partial charge in [-0.15, -0.1) is 0 Å². The number of anilines is 2. The first-order valence-corrected chi connectivity index (χ1v) is 26.3. The molecule has 3 N–H and O–H groups in total. The summed E-state index contributed by atoms with van der Waals surface area (Å²) < 4.78 is 54.5. The first-order chi connectivity index (χ1) is 33.9. The Hall–Kier alpha value is -6.02. The third-order valence-corrected chi connectivity index (χ3v) is 15.4. The van der Waals surface area contributed by atoms with E-state index >= 15 is 0 Å². The van der Waals surface area contributed by atoms with Crippen LogP contribution in [-0.2, 0) is 27.2 Å². The monoisotopic (exact) mass is 1010 g/mol. The molecule has 10 rings (SSSR count). The molecule has 0 saturated carbocycles. The van der Waals surface area contributed by atoms with Gasteiger partial charge in [0, 0.05) is 47.0 Å². The van der Waals surface area contributed by atoms with E-state index in [1.165, 1.54) is 0 Å². The van der Waals surface area contributed by atoms with Crippen LogP contribution < -0.4 is 24.8 Å². The van der Waals surface area contributed by atoms with Gasteiger partial charge < -0.3 is 34.0 Å². The van der Waals surface area contributed by atoms with Crippen LogP contribution >= 0.6 is 23.2 Å². The molecule has 0 fully saturated rings. The van der Waals surface area contributed by atoms with Crippen LogP contribution in [-0.4, -0.2) is 111 Å². The average Bonchev–Trinajstić information content (AvgIpc) is 3.86. The Bertz CT molecular complexity index is 3280. The van der Waals surface area contributed by atoms with Gasteiger partial charge >= 0.3 is 6.01 Å². The molecule has 0 amide bonds. The minimum Gasteiger partial charge on any atom is -0.475 e. The van der Waals surface area contributed by atoms with E-state index in [9.17, 15) is 8.42 Å². The van der Waals surface area contributed by atoms with Crippen molar-refractivity contribution in [2.75, 3.05) is 49.9 Å². The highest BCUT2D eigenvalue weighted by Gasteiger charge is 2.44. The number of ether oxygens (including phenoxy) is 3. The van der Waals surface area contributed by atoms with Crippen molar-refractivity contribution < 1.29 is 22.6 Å². The van der Waals surface area contributed by atoms with Gasteiger partial charge in [0.15, 0.2) is 29.9 Å². The Morgan fingerprint density at radius 1 is 0.771 bits per heavy atom. The summed E-state index contributed by atoms with van der Waals surface area (Å²) in [6.45, 7) is 18.7. The Kier molecular flexibility index (Phi) is 13.1. The second-order valence-corrected chi connectivity index (χ2v) is 19.9. The van der Waals surface area contributed by atoms with Crippen LogP contribution in [0.15, 0.2) is 98.2 Å². The van der Waals surface area contributed by atoms with Gasteiger partial charge in [0.1, 0.15) is 28.0 Å². The Morgan fingerprint density at radius 3 is 2.20 bits per heavy atom. The lowest BCUT2D eigenvalue weighted by Crippen LogP contribution is -2.39. The predicted octanol–water partition coefficient (Wildman–Crippen LogP) is 9.10. The maximum absolute atomic E-state index is 14.0. The lowest BCUT2D eigenvalue weighted by molar-refractivity contribution is 0.0403. The van der Waals surface area contributed by atoms with Crippen LogP contribution in [0.2, 0.25) is 0 Å². The van der Waals surface area contributed by atoms with Crippen LogP contribution in [0.4, 0.5) is 17.6 Å². The highest BCUT2D eigenvalue weighted by atomic mass is 35.5. The standard InChI is InChI=1S/C50H56Cl2N12O5S/c1-8-61(9-2)28(6)55-49-58-48(59-50(60-49)67-29(7)62(10-3)11-4)53-25-26-54-70(65,66)27-64-35-20-16-14-18-31(35)39-37(64)24-22-33-45(39)69-47-41(52)42-46(40(51)43(47)57-33)68-44-32(56-42)21-23-36-38(44)30-17-13-15-19-34(30)63(36)12-5/h13-24,28-29,45-46,54H,8-12,25-27H2,1-7H3,(H2,53,55,58,59,60). The summed E-state index contributed by atoms with van der Waals surface area (Å²) in [5.41, 5.74) is 6.28. The van der Waals surface area contributed by atoms with Crippen molar-refractivity contribution in [2.45, 2.75) is 85.5 Å². The summed E-state index contributed by atoms with van der Waals surface area (Å²) in [7, 11) is -3.91. The molecule has 6 aromatic rings. The number of nitrogens with zero attached hydrogens (tertiary/aromatic N) is 9. The van der Waals surface area contributed by atoms with E-state index in [0.717, 1.165) is 65.5 Å². The number of hydrogen-bond donors (Lipinski definition) is 3. The van der Waals surface area contributed by atoms with Crippen molar-refractivity contribution in [3.05, 3.63) is 99.5 Å². The number of nitrogens with one attached hydrogen (secondary N) is 3. The number of hydrogen-bond acceptors (Lipinski definition) is 14. The van der Waals surface area contributed by atoms with Gasteiger partial charge in [0.2, 0.25) is 21.9 Å². The van der Waals surface area contributed by atoms with Crippen LogP contribution in [0.5, 0.6) is 11.8 Å². The fourth-order valence-electron chi connectivity index (χ4n) is 9.98. The van der Waals surface area contributed by atoms with Crippen molar-refractivity contribution in [1.29, 1.82) is 0 Å². The zero-order valence-electron chi connectivity index (χ0n) is 40.1. The summed E-state index contributed by atoms with van der Waals surface area (Å²) in [6.07, 6.45) is 1.82. The van der Waals surface area contributed by atoms with E-state index in [1.54, 1.807) is 4.57 Å². The third kappa shape index (κ3) is 8.47. The van der Waals surface area contributed by atoms with Gasteiger partial charge in [-0.05, 0) is 83.4 Å². The fraction of sp³-hybridized carbons (Fsp3) is 0.380. The molecule has 0 saturated heterocycles. The largest absolute Gasteiger partial charge is 0.475 e. The molecule has 2 aliphatic carbocycles. The lowest BCUT2D eigenvalue weighted by Gasteiger charge is -2.35. The Balaban J connectivity index is 0.892. The summed E-state index contributed by atoms with van der Waals surface area (Å²) >= 11 is 14.5. The van der Waals surface area contributed by atoms with E-state index in [0.29, 0.717) is 50.7 Å². The second kappa shape index (κ2) is 19.3. The molecule has 4 atom stereocenters. The SMILES string of the molecule is CCN(CC)C(C)Nc1nc(NCCNS(=O)(=O)Cn2c3c(c4ccccc42)C2OC4=C(Cl)C5=Nc6ccc7c(c6OC5C(Cl)=C4N=C2C=C3)c2ccccc2n7CC)nc(OC(C)N(CC)CC)n1. The molecule has 17 nitrogen and oxygen atoms in total. The fourth-order valence-corrected chi connectivity index (χ4v) is 11.7. The molecule has 4 aliphatic rings. The van der Waals surface area contributed by atoms with Gasteiger partial charge in [-0.3, -0.25) is 9.80 Å². The number of para-hydroxylation sites is 2. The maximum atomic E-state index is 14.0. The number of sulfonamides is 1. The van der Waals surface area contributed by atoms with Gasteiger partial charge in [0.25, 0.3) is 0 Å². The van der Waals surface area contributed by atoms with Gasteiger partial charge in [0.05, 0.1) is 33.5 Å². The van der Waals surface area contributed by atoms with E-state index in [2.05, 4.69) is 97.5 Å². The highest BCUT2D eigenvalue weighted by Crippen LogP contribution is 2.51. The molecule has 366 valence electrons. The molecule has 4 unspecified atom stereocenters. The molecule has 3 aromatic heterocycles. The van der Waals surface area contributed by atoms with Crippen LogP contribution in [0.1, 0.15) is 65.8 Å². The Morgan fingerprint density at radius 2 is 1.47 bits per heavy atom. The normalized spacial score (nSPS) is 18.2. The van der Waals surface area contributed by atoms with E-state index in [4.69, 9.17) is 47.4 Å². The van der Waals surface area contributed by atoms with Crippen LogP contribution in [0.3, 0.4) is 0 Å². The van der Waals surface area contributed by atoms with E-state index < -0.39 is 22.2 Å². The van der Waals surface area contributed by atoms with Gasteiger partial charge in [-0.2, -0.15) is 15.0 Å². The molecule has 0 bridgehead atoms. The number of benzene rings is 3. The smallest absolute Gasteiger partial charge is 0.324 e. The minimum atomic E-state index is -3.91. The molecular weight excluding hydrogens is 952 g/mol. The molecule has 3 aromatic carbocycles. The zero-order valence-corrected chi connectivity index (χ0v) is 42.5. The predicted molar refractivity (Wildman–Crippen MR) is 279 cm³/mol. The second-order valence-electron chi connectivity index (χ2n) is 17.3. The number of aryl methyl sites for hydroxylation is 1. The van der Waals surface area contributed by atoms with Crippen molar-refractivity contribution in [2.24, 2.45) is 9.98 Å². The molecule has 0 radical (unpaired) electrons. The van der Waals surface area contributed by atoms with Crippen molar-refractivity contribution in [1.82, 2.24) is 38.6 Å². The molecule has 5 heterocycles. The van der Waals surface area contributed by atoms with Crippen LogP contribution in [0, 0.1) is 0 Å². The molecule has 70 heavy (non-hydrogen) atoms. The summed E-state index contributed by atoms with van der Waals surface area (Å²) in [5.74, 6) is 1.14. The van der Waals surface area contributed by atoms with Crippen molar-refractivity contribution in [3.8, 4) is 11.8 Å². The van der Waals surface area contributed by atoms with Gasteiger partial charge in [-0.1, -0.05) is 87.3 Å². The molecule has 0 spiro atoms. The average molecular weight is 1010 g/mol. The molecular formula is C50H56Cl2N12O5S. The quantitative estimate of drug-likeness (QED) is 0.0551. The minimum absolute atomic E-state index is 0.0486. The zero-order chi connectivity index (χ0) is 49.0. The van der Waals surface area contributed by atoms with E-state index in [-0.39, 0.29) is 54.1 Å². The topological polar surface area (TPSA) is 178 Å². The first kappa shape index (κ1) is 47.6. The van der Waals surface area contributed by atoms with E-state index in [1.807, 2.05) is 68.5 Å². The number of aromatic nitrogens is 5. The number of rotatable bonds is 18. The summed E-state index contributed by atoms with van der Waals surface area (Å²) in [6, 6.07) is 20.0. The summed E-state index contributed by atoms with van der Waals surface area (Å²) in [4.78, 5) is 28.2. The molecule has 2 aliphatic heterocycles. The lowest BCUT2D eigenvalue weighted by atomic mass is 9.93. The molecule has 20 heteroatoms. The van der Waals surface area contributed by atoms with Crippen molar-refractivity contribution in [3.63, 3.8) is 0 Å². The van der Waals surface area contributed by atoms with Gasteiger partial charge in [-0.25, -0.2) is 23.1 Å². The maximum Gasteiger partial charge on any atom is 0.324 e. The third-order valence-electron chi connectivity index (χ3n) is 13.4. The summed E-state index contributed by atoms with van der Waals surface area (Å²) in [5, 5.41) is 9.90. The first-order valence-electron chi connectivity index (χ1n) is 23.9. The Labute approximate surface area is 417 Å².